The normalized spacial score (nSPS) is 52.4. The highest BCUT2D eigenvalue weighted by atomic mass is 16.3. The molecule has 3 heteroatoms. The van der Waals surface area contributed by atoms with Gasteiger partial charge in [-0.1, -0.05) is 0 Å². The molecule has 0 saturated heterocycles. The number of carbonyl (C=O) groups excluding carboxylic acids is 1. The Hall–Kier alpha value is -0.410. The molecule has 2 fully saturated rings. The van der Waals surface area contributed by atoms with E-state index in [2.05, 4.69) is 0 Å². The summed E-state index contributed by atoms with van der Waals surface area (Å²) in [5, 5.41) is 16.5. The fourth-order valence-corrected chi connectivity index (χ4v) is 1.94. The molecular weight excluding hydrogens is 132 g/mol. The second kappa shape index (κ2) is 1.80. The van der Waals surface area contributed by atoms with Gasteiger partial charge in [0, 0.05) is 11.8 Å². The molecule has 0 radical (unpaired) electrons. The Bertz CT molecular complexity index is 170. The smallest absolute Gasteiger partial charge is 0.190 e. The van der Waals surface area contributed by atoms with Crippen LogP contribution in [0.3, 0.4) is 0 Å². The van der Waals surface area contributed by atoms with Gasteiger partial charge in [0.05, 0.1) is 0 Å². The molecule has 0 aliphatic heterocycles. The minimum atomic E-state index is -0.975. The molecule has 10 heavy (non-hydrogen) atoms. The first kappa shape index (κ1) is 6.31. The number of ketones is 1. The van der Waals surface area contributed by atoms with Gasteiger partial charge in [-0.3, -0.25) is 4.79 Å². The lowest BCUT2D eigenvalue weighted by atomic mass is 9.75. The summed E-state index contributed by atoms with van der Waals surface area (Å²) in [5.41, 5.74) is 0. The van der Waals surface area contributed by atoms with Gasteiger partial charge in [-0.25, -0.2) is 0 Å². The molecule has 3 nitrogen and oxygen atoms in total. The maximum Gasteiger partial charge on any atom is 0.190 e. The van der Waals surface area contributed by atoms with Crippen LogP contribution in [-0.4, -0.2) is 28.2 Å². The third kappa shape index (κ3) is 0.545. The molecule has 0 heterocycles. The summed E-state index contributed by atoms with van der Waals surface area (Å²) < 4.78 is 0. The number of rotatable bonds is 0. The molecule has 2 aliphatic carbocycles. The van der Waals surface area contributed by atoms with Crippen LogP contribution in [0.1, 0.15) is 12.8 Å². The molecule has 2 aliphatic rings. The minimum absolute atomic E-state index is 0.0394. The number of carbonyl (C=O) groups is 1. The van der Waals surface area contributed by atoms with Crippen LogP contribution in [0.5, 0.6) is 0 Å². The van der Waals surface area contributed by atoms with Crippen molar-refractivity contribution >= 4 is 5.78 Å². The highest BCUT2D eigenvalue weighted by Gasteiger charge is 2.56. The monoisotopic (exact) mass is 143 g/mol. The first-order chi connectivity index (χ1) is 4.72. The van der Waals surface area contributed by atoms with Crippen molar-refractivity contribution in [3.8, 4) is 0 Å². The van der Waals surface area contributed by atoms with Crippen LogP contribution in [0.2, 0.25) is 0 Å². The Morgan fingerprint density at radius 2 is 2.20 bits per heavy atom. The lowest BCUT2D eigenvalue weighted by Gasteiger charge is -2.27. The van der Waals surface area contributed by atoms with Crippen molar-refractivity contribution in [2.75, 3.05) is 0 Å². The summed E-state index contributed by atoms with van der Waals surface area (Å²) in [6, 6.07) is 0. The summed E-state index contributed by atoms with van der Waals surface area (Å²) in [5.74, 6) is 0.135. The second-order valence-electron chi connectivity index (χ2n) is 3.22. The molecule has 4 atom stereocenters. The Balaban J connectivity index is 2.22. The van der Waals surface area contributed by atoms with E-state index < -0.39 is 12.2 Å². The lowest BCUT2D eigenvalue weighted by Crippen LogP contribution is -2.30. The van der Waals surface area contributed by atoms with Crippen molar-refractivity contribution in [2.45, 2.75) is 25.0 Å². The predicted octanol–water partition coefficient (Wildman–Crippen LogP) is -0.951. The van der Waals surface area contributed by atoms with Crippen molar-refractivity contribution in [1.29, 1.82) is 0 Å². The van der Waals surface area contributed by atoms with Crippen LogP contribution in [0, 0.1) is 11.8 Å². The molecule has 2 saturated carbocycles. The standard InChI is InChI=1S/C7H10O3/c8-5-3-1-2-4(3)6(9)7(5)10/h3-5,7-8,10H,1-2H2/p+1. The Labute approximate surface area is 58.7 Å². The molecular formula is C7H11O3+. The maximum atomic E-state index is 11.0. The van der Waals surface area contributed by atoms with Gasteiger partial charge in [-0.2, -0.15) is 0 Å². The topological polar surface area (TPSA) is 60.2 Å². The quantitative estimate of drug-likeness (QED) is 0.444. The molecule has 56 valence electrons. The molecule has 0 aromatic carbocycles. The van der Waals surface area contributed by atoms with Crippen LogP contribution < -0.4 is 0 Å². The van der Waals surface area contributed by atoms with Crippen LogP contribution in [0.25, 0.3) is 0 Å². The lowest BCUT2D eigenvalue weighted by molar-refractivity contribution is -0.130. The fourth-order valence-electron chi connectivity index (χ4n) is 1.94. The van der Waals surface area contributed by atoms with E-state index in [1.54, 1.807) is 0 Å². The van der Waals surface area contributed by atoms with E-state index >= 15 is 0 Å². The molecule has 2 rings (SSSR count). The first-order valence-corrected chi connectivity index (χ1v) is 3.64. The van der Waals surface area contributed by atoms with E-state index in [0.717, 1.165) is 12.8 Å². The molecule has 0 aromatic heterocycles. The van der Waals surface area contributed by atoms with Crippen molar-refractivity contribution in [3.05, 3.63) is 0 Å². The van der Waals surface area contributed by atoms with E-state index in [9.17, 15) is 4.79 Å². The van der Waals surface area contributed by atoms with Crippen LogP contribution in [0.4, 0.5) is 0 Å². The van der Waals surface area contributed by atoms with Crippen molar-refractivity contribution in [3.63, 3.8) is 0 Å². The summed E-state index contributed by atoms with van der Waals surface area (Å²) >= 11 is 0. The summed E-state index contributed by atoms with van der Waals surface area (Å²) in [6.07, 6.45) is 0.362. The number of Topliss-reactive ketones (excluding diaryl/α,β-unsaturated/α-hetero) is 1. The van der Waals surface area contributed by atoms with Crippen LogP contribution >= 0.6 is 0 Å². The largest absolute Gasteiger partial charge is 0.441 e. The van der Waals surface area contributed by atoms with Gasteiger partial charge in [-0.05, 0) is 12.8 Å². The van der Waals surface area contributed by atoms with E-state index in [0.29, 0.717) is 0 Å². The average molecular weight is 143 g/mol. The molecule has 3 N–H and O–H groups in total. The second-order valence-corrected chi connectivity index (χ2v) is 3.22. The predicted molar refractivity (Wildman–Crippen MR) is 34.6 cm³/mol. The van der Waals surface area contributed by atoms with Gasteiger partial charge in [-0.15, -0.1) is 0 Å². The fraction of sp³-hybridized carbons (Fsp3) is 0.857. The van der Waals surface area contributed by atoms with E-state index in [4.69, 9.17) is 10.2 Å². The van der Waals surface area contributed by atoms with Crippen molar-refractivity contribution < 1.29 is 15.0 Å². The highest BCUT2D eigenvalue weighted by molar-refractivity contribution is 5.89. The van der Waals surface area contributed by atoms with E-state index in [1.165, 1.54) is 0 Å². The number of aliphatic hydroxyl groups is 1. The number of hydrogen-bond acceptors (Lipinski definition) is 2. The minimum Gasteiger partial charge on any atom is -0.441 e. The highest BCUT2D eigenvalue weighted by Crippen LogP contribution is 2.44. The SMILES string of the molecule is O=C1C(O)C([OH2+])C2CCC12. The summed E-state index contributed by atoms with van der Waals surface area (Å²) in [7, 11) is 0. The van der Waals surface area contributed by atoms with Gasteiger partial charge in [0.1, 0.15) is 0 Å². The van der Waals surface area contributed by atoms with Crippen LogP contribution in [0.15, 0.2) is 0 Å². The number of hydrogen-bond donors (Lipinski definition) is 1. The summed E-state index contributed by atoms with van der Waals surface area (Å²) in [4.78, 5) is 11.0. The molecule has 0 spiro atoms. The summed E-state index contributed by atoms with van der Waals surface area (Å²) in [6.45, 7) is 0. The molecule has 4 unspecified atom stereocenters. The molecule has 0 amide bonds. The van der Waals surface area contributed by atoms with Gasteiger partial charge in [0.15, 0.2) is 18.0 Å². The van der Waals surface area contributed by atoms with Crippen molar-refractivity contribution in [1.82, 2.24) is 0 Å². The Kier molecular flexibility index (Phi) is 1.13. The zero-order valence-electron chi connectivity index (χ0n) is 5.58. The molecule has 0 bridgehead atoms. The van der Waals surface area contributed by atoms with E-state index in [1.807, 2.05) is 0 Å². The third-order valence-electron chi connectivity index (χ3n) is 2.79. The maximum absolute atomic E-state index is 11.0. The van der Waals surface area contributed by atoms with Gasteiger partial charge < -0.3 is 10.2 Å². The van der Waals surface area contributed by atoms with Gasteiger partial charge in [0.25, 0.3) is 0 Å². The zero-order valence-corrected chi connectivity index (χ0v) is 5.58. The third-order valence-corrected chi connectivity index (χ3v) is 2.79. The van der Waals surface area contributed by atoms with Crippen molar-refractivity contribution in [2.24, 2.45) is 11.8 Å². The van der Waals surface area contributed by atoms with Gasteiger partial charge in [0.2, 0.25) is 0 Å². The van der Waals surface area contributed by atoms with Crippen LogP contribution in [-0.2, 0) is 4.79 Å². The van der Waals surface area contributed by atoms with Gasteiger partial charge >= 0.3 is 0 Å². The molecule has 0 aromatic rings. The number of aliphatic hydroxyl groups excluding tert-OH is 1. The van der Waals surface area contributed by atoms with E-state index in [-0.39, 0.29) is 17.6 Å². The Morgan fingerprint density at radius 1 is 1.50 bits per heavy atom. The zero-order chi connectivity index (χ0) is 7.30. The Morgan fingerprint density at radius 3 is 2.40 bits per heavy atom. The first-order valence-electron chi connectivity index (χ1n) is 3.64. The number of fused-ring (bicyclic) bond motifs is 1. The average Bonchev–Trinajstić information content (AvgIpc) is 1.92.